The Morgan fingerprint density at radius 1 is 0.647 bits per heavy atom. The monoisotopic (exact) mass is 478 g/mol. The Bertz CT molecular complexity index is 673. The highest BCUT2D eigenvalue weighted by atomic mass is 16.5. The maximum Gasteiger partial charge on any atom is 0.310 e. The van der Waals surface area contributed by atoms with E-state index in [1.165, 1.54) is 25.7 Å². The van der Waals surface area contributed by atoms with Crippen molar-refractivity contribution in [1.82, 2.24) is 10.6 Å². The zero-order chi connectivity index (χ0) is 25.4. The lowest BCUT2D eigenvalue weighted by atomic mass is 9.79. The van der Waals surface area contributed by atoms with Gasteiger partial charge in [0.05, 0.1) is 25.0 Å². The summed E-state index contributed by atoms with van der Waals surface area (Å²) in [7, 11) is 0. The van der Waals surface area contributed by atoms with Crippen molar-refractivity contribution in [3.63, 3.8) is 0 Å². The maximum absolute atomic E-state index is 12.7. The highest BCUT2D eigenvalue weighted by molar-refractivity contribution is 5.75. The fourth-order valence-corrected chi connectivity index (χ4v) is 6.97. The second kappa shape index (κ2) is 10.1. The van der Waals surface area contributed by atoms with E-state index in [0.717, 1.165) is 25.7 Å². The molecule has 2 heterocycles. The summed E-state index contributed by atoms with van der Waals surface area (Å²) in [4.78, 5) is 25.4. The molecule has 2 unspecified atom stereocenters. The number of hydrogen-bond donors (Lipinski definition) is 2. The summed E-state index contributed by atoms with van der Waals surface area (Å²) in [6.07, 6.45) is 8.25. The van der Waals surface area contributed by atoms with Gasteiger partial charge in [-0.15, -0.1) is 0 Å². The maximum atomic E-state index is 12.7. The van der Waals surface area contributed by atoms with Crippen molar-refractivity contribution in [2.24, 2.45) is 23.7 Å². The zero-order valence-electron chi connectivity index (χ0n) is 23.0. The molecule has 0 bridgehead atoms. The summed E-state index contributed by atoms with van der Waals surface area (Å²) in [5.41, 5.74) is -0.494. The molecule has 1 saturated carbocycles. The minimum atomic E-state index is -0.220. The molecule has 2 N–H and O–H groups in total. The SMILES string of the molecule is CC1(C)CC(C(=O)OCCC2CCC(CCOC(=O)C3CC(C)(C)NC3(C)C)CC2)C(C)(C)N1. The average Bonchev–Trinajstić information content (AvgIpc) is 3.07. The van der Waals surface area contributed by atoms with Crippen LogP contribution >= 0.6 is 0 Å². The Morgan fingerprint density at radius 2 is 0.971 bits per heavy atom. The Balaban J connectivity index is 1.30. The molecule has 0 radical (unpaired) electrons. The van der Waals surface area contributed by atoms with Gasteiger partial charge in [0.25, 0.3) is 0 Å². The van der Waals surface area contributed by atoms with Gasteiger partial charge < -0.3 is 20.1 Å². The second-order valence-corrected chi connectivity index (χ2v) is 13.8. The molecule has 0 amide bonds. The summed E-state index contributed by atoms with van der Waals surface area (Å²) in [6, 6.07) is 0. The molecule has 0 aromatic heterocycles. The van der Waals surface area contributed by atoms with Gasteiger partial charge in [-0.1, -0.05) is 25.7 Å². The number of rotatable bonds is 8. The number of carbonyl (C=O) groups excluding carboxylic acids is 2. The molecule has 0 aromatic rings. The molecule has 6 nitrogen and oxygen atoms in total. The average molecular weight is 479 g/mol. The van der Waals surface area contributed by atoms with E-state index in [1.807, 2.05) is 0 Å². The van der Waals surface area contributed by atoms with E-state index in [-0.39, 0.29) is 45.9 Å². The van der Waals surface area contributed by atoms with Gasteiger partial charge in [-0.05, 0) is 92.9 Å². The van der Waals surface area contributed by atoms with E-state index >= 15 is 0 Å². The molecule has 2 atom stereocenters. The largest absolute Gasteiger partial charge is 0.465 e. The van der Waals surface area contributed by atoms with Crippen LogP contribution in [0.2, 0.25) is 0 Å². The number of ether oxygens (including phenoxy) is 2. The van der Waals surface area contributed by atoms with Gasteiger partial charge in [0.15, 0.2) is 0 Å². The highest BCUT2D eigenvalue weighted by Crippen LogP contribution is 2.38. The molecular weight excluding hydrogens is 428 g/mol. The zero-order valence-corrected chi connectivity index (χ0v) is 23.0. The first kappa shape index (κ1) is 27.4. The van der Waals surface area contributed by atoms with Crippen molar-refractivity contribution in [3.05, 3.63) is 0 Å². The smallest absolute Gasteiger partial charge is 0.310 e. The van der Waals surface area contributed by atoms with Crippen LogP contribution in [-0.4, -0.2) is 47.3 Å². The van der Waals surface area contributed by atoms with E-state index in [1.54, 1.807) is 0 Å². The molecule has 1 aliphatic carbocycles. The lowest BCUT2D eigenvalue weighted by Crippen LogP contribution is -2.46. The van der Waals surface area contributed by atoms with E-state index < -0.39 is 0 Å². The summed E-state index contributed by atoms with van der Waals surface area (Å²) < 4.78 is 11.4. The number of hydrogen-bond acceptors (Lipinski definition) is 6. The Kier molecular flexibility index (Phi) is 8.14. The fraction of sp³-hybridized carbons (Fsp3) is 0.929. The van der Waals surface area contributed by atoms with Crippen molar-refractivity contribution >= 4 is 11.9 Å². The van der Waals surface area contributed by atoms with Crippen LogP contribution in [0, 0.1) is 23.7 Å². The molecule has 0 spiro atoms. The minimum Gasteiger partial charge on any atom is -0.465 e. The van der Waals surface area contributed by atoms with E-state index in [0.29, 0.717) is 25.0 Å². The summed E-state index contributed by atoms with van der Waals surface area (Å²) in [5, 5.41) is 7.11. The molecule has 196 valence electrons. The molecule has 2 saturated heterocycles. The molecule has 3 aliphatic rings. The van der Waals surface area contributed by atoms with Gasteiger partial charge in [-0.25, -0.2) is 0 Å². The van der Waals surface area contributed by atoms with E-state index in [4.69, 9.17) is 9.47 Å². The molecular formula is C28H50N2O4. The third kappa shape index (κ3) is 6.96. The Labute approximate surface area is 207 Å². The second-order valence-electron chi connectivity index (χ2n) is 13.8. The number of nitrogens with one attached hydrogen (secondary N) is 2. The van der Waals surface area contributed by atoms with Crippen molar-refractivity contribution in [2.75, 3.05) is 13.2 Å². The first-order chi connectivity index (χ1) is 15.6. The van der Waals surface area contributed by atoms with Crippen LogP contribution in [0.1, 0.15) is 107 Å². The normalized spacial score (nSPS) is 33.4. The molecule has 3 fully saturated rings. The third-order valence-electron chi connectivity index (χ3n) is 8.57. The third-order valence-corrected chi connectivity index (χ3v) is 8.57. The Morgan fingerprint density at radius 3 is 1.24 bits per heavy atom. The van der Waals surface area contributed by atoms with Gasteiger partial charge in [-0.3, -0.25) is 9.59 Å². The van der Waals surface area contributed by atoms with E-state index in [2.05, 4.69) is 66.0 Å². The van der Waals surface area contributed by atoms with Crippen molar-refractivity contribution in [1.29, 1.82) is 0 Å². The molecule has 2 aliphatic heterocycles. The van der Waals surface area contributed by atoms with Crippen LogP contribution in [0.3, 0.4) is 0 Å². The predicted octanol–water partition coefficient (Wildman–Crippen LogP) is 4.99. The molecule has 0 aromatic carbocycles. The first-order valence-electron chi connectivity index (χ1n) is 13.5. The van der Waals surface area contributed by atoms with Crippen LogP contribution < -0.4 is 10.6 Å². The summed E-state index contributed by atoms with van der Waals surface area (Å²) in [5.74, 6) is 0.983. The summed E-state index contributed by atoms with van der Waals surface area (Å²) in [6.45, 7) is 18.0. The van der Waals surface area contributed by atoms with Crippen molar-refractivity contribution in [3.8, 4) is 0 Å². The van der Waals surface area contributed by atoms with Crippen LogP contribution in [-0.2, 0) is 19.1 Å². The molecule has 3 rings (SSSR count). The van der Waals surface area contributed by atoms with Crippen molar-refractivity contribution < 1.29 is 19.1 Å². The van der Waals surface area contributed by atoms with Crippen LogP contribution in [0.5, 0.6) is 0 Å². The van der Waals surface area contributed by atoms with Gasteiger partial charge in [0.1, 0.15) is 0 Å². The minimum absolute atomic E-state index is 0.0271. The number of esters is 2. The van der Waals surface area contributed by atoms with Gasteiger partial charge >= 0.3 is 11.9 Å². The van der Waals surface area contributed by atoms with Crippen LogP contribution in [0.25, 0.3) is 0 Å². The lowest BCUT2D eigenvalue weighted by molar-refractivity contribution is -0.151. The Hall–Kier alpha value is -1.14. The molecule has 6 heteroatoms. The van der Waals surface area contributed by atoms with E-state index in [9.17, 15) is 9.59 Å². The van der Waals surface area contributed by atoms with Crippen LogP contribution in [0.15, 0.2) is 0 Å². The van der Waals surface area contributed by atoms with Crippen LogP contribution in [0.4, 0.5) is 0 Å². The van der Waals surface area contributed by atoms with Crippen molar-refractivity contribution in [2.45, 2.75) is 129 Å². The highest BCUT2D eigenvalue weighted by Gasteiger charge is 2.49. The standard InChI is InChI=1S/C28H50N2O4/c1-25(2)17-21(27(5,6)29-25)23(31)33-15-13-19-9-11-20(12-10-19)14-16-34-24(32)22-18-26(3,4)30-28(22,7)8/h19-22,29-30H,9-18H2,1-8H3. The summed E-state index contributed by atoms with van der Waals surface area (Å²) >= 11 is 0. The predicted molar refractivity (Wildman–Crippen MR) is 135 cm³/mol. The van der Waals surface area contributed by atoms with Gasteiger partial charge in [0, 0.05) is 22.2 Å². The first-order valence-corrected chi connectivity index (χ1v) is 13.5. The van der Waals surface area contributed by atoms with Gasteiger partial charge in [-0.2, -0.15) is 0 Å². The van der Waals surface area contributed by atoms with Gasteiger partial charge in [0.2, 0.25) is 0 Å². The lowest BCUT2D eigenvalue weighted by Gasteiger charge is -2.30. The topological polar surface area (TPSA) is 76.7 Å². The number of carbonyl (C=O) groups is 2. The molecule has 34 heavy (non-hydrogen) atoms. The quantitative estimate of drug-likeness (QED) is 0.479. The fourth-order valence-electron chi connectivity index (χ4n) is 6.97.